The van der Waals surface area contributed by atoms with Crippen LogP contribution in [-0.2, 0) is 13.0 Å². The van der Waals surface area contributed by atoms with Crippen LogP contribution in [0.2, 0.25) is 0 Å². The first-order valence-electron chi connectivity index (χ1n) is 6.97. The summed E-state index contributed by atoms with van der Waals surface area (Å²) in [5.41, 5.74) is 7.00. The number of fused-ring (bicyclic) bond motifs is 1. The summed E-state index contributed by atoms with van der Waals surface area (Å²) >= 11 is 1.32. The molecule has 0 aliphatic carbocycles. The molecule has 1 amide bonds. The maximum atomic E-state index is 11.5. The Morgan fingerprint density at radius 2 is 2.38 bits per heavy atom. The normalized spacial score (nSPS) is 13.9. The Hall–Kier alpha value is -1.92. The highest BCUT2D eigenvalue weighted by atomic mass is 32.1. The summed E-state index contributed by atoms with van der Waals surface area (Å²) in [5.74, 6) is 4.80. The van der Waals surface area contributed by atoms with Crippen molar-refractivity contribution in [1.29, 1.82) is 0 Å². The third-order valence-corrected chi connectivity index (χ3v) is 4.57. The molecule has 110 valence electrons. The van der Waals surface area contributed by atoms with Gasteiger partial charge in [0.05, 0.1) is 12.2 Å². The second-order valence-corrected chi connectivity index (χ2v) is 6.13. The van der Waals surface area contributed by atoms with Crippen LogP contribution in [0, 0.1) is 6.92 Å². The largest absolute Gasteiger partial charge is 0.365 e. The van der Waals surface area contributed by atoms with Crippen molar-refractivity contribution < 1.29 is 4.79 Å². The number of anilines is 1. The zero-order valence-electron chi connectivity index (χ0n) is 11.9. The number of nitrogens with two attached hydrogens (primary N) is 1. The van der Waals surface area contributed by atoms with E-state index in [2.05, 4.69) is 40.4 Å². The molecule has 1 aliphatic heterocycles. The van der Waals surface area contributed by atoms with Crippen LogP contribution in [0.4, 0.5) is 5.69 Å². The smallest absolute Gasteiger partial charge is 0.294 e. The van der Waals surface area contributed by atoms with Gasteiger partial charge in [-0.1, -0.05) is 17.7 Å². The van der Waals surface area contributed by atoms with E-state index in [-0.39, 0.29) is 5.91 Å². The molecule has 2 aromatic rings. The van der Waals surface area contributed by atoms with Gasteiger partial charge in [-0.3, -0.25) is 10.2 Å². The minimum Gasteiger partial charge on any atom is -0.365 e. The quantitative estimate of drug-likeness (QED) is 0.517. The summed E-state index contributed by atoms with van der Waals surface area (Å²) in [6.07, 6.45) is 2.28. The Labute approximate surface area is 127 Å². The number of rotatable bonds is 3. The molecular formula is C15H18N4OS. The summed E-state index contributed by atoms with van der Waals surface area (Å²) in [4.78, 5) is 18.1. The molecule has 3 rings (SSSR count). The lowest BCUT2D eigenvalue weighted by Gasteiger charge is -2.31. The van der Waals surface area contributed by atoms with E-state index in [1.165, 1.54) is 28.2 Å². The SMILES string of the molecule is Cc1ccc2c(c1)CCCN2Cc1csc(C(=O)NN)n1. The van der Waals surface area contributed by atoms with E-state index in [0.717, 1.165) is 31.6 Å². The third-order valence-electron chi connectivity index (χ3n) is 3.68. The van der Waals surface area contributed by atoms with Crippen LogP contribution < -0.4 is 16.2 Å². The molecule has 1 aromatic heterocycles. The Bertz CT molecular complexity index is 667. The number of nitrogen functional groups attached to an aromatic ring is 1. The van der Waals surface area contributed by atoms with Gasteiger partial charge in [-0.25, -0.2) is 10.8 Å². The average molecular weight is 302 g/mol. The number of amides is 1. The Morgan fingerprint density at radius 3 is 3.19 bits per heavy atom. The van der Waals surface area contributed by atoms with Crippen LogP contribution in [0.3, 0.4) is 0 Å². The van der Waals surface area contributed by atoms with Crippen LogP contribution in [0.25, 0.3) is 0 Å². The van der Waals surface area contributed by atoms with Gasteiger partial charge in [0, 0.05) is 17.6 Å². The van der Waals surface area contributed by atoms with E-state index in [4.69, 9.17) is 5.84 Å². The summed E-state index contributed by atoms with van der Waals surface area (Å²) in [6.45, 7) is 3.87. The number of nitrogens with zero attached hydrogens (tertiary/aromatic N) is 2. The van der Waals surface area contributed by atoms with Crippen molar-refractivity contribution in [2.75, 3.05) is 11.4 Å². The summed E-state index contributed by atoms with van der Waals surface area (Å²) in [6, 6.07) is 6.59. The van der Waals surface area contributed by atoms with Crippen LogP contribution in [0.15, 0.2) is 23.6 Å². The number of aromatic nitrogens is 1. The van der Waals surface area contributed by atoms with Gasteiger partial charge in [0.15, 0.2) is 5.01 Å². The lowest BCUT2D eigenvalue weighted by Crippen LogP contribution is -2.30. The molecule has 0 fully saturated rings. The maximum absolute atomic E-state index is 11.5. The Kier molecular flexibility index (Phi) is 3.90. The molecule has 6 heteroatoms. The minimum atomic E-state index is -0.332. The number of benzene rings is 1. The molecule has 3 N–H and O–H groups in total. The molecule has 0 radical (unpaired) electrons. The standard InChI is InChI=1S/C15H18N4OS/c1-10-4-5-13-11(7-10)3-2-6-19(13)8-12-9-21-15(17-12)14(20)18-16/h4-5,7,9H,2-3,6,8,16H2,1H3,(H,18,20). The first kappa shape index (κ1) is 14.0. The van der Waals surface area contributed by atoms with Gasteiger partial charge >= 0.3 is 0 Å². The number of hydrogen-bond donors (Lipinski definition) is 2. The highest BCUT2D eigenvalue weighted by Gasteiger charge is 2.18. The van der Waals surface area contributed by atoms with Gasteiger partial charge < -0.3 is 4.90 Å². The highest BCUT2D eigenvalue weighted by Crippen LogP contribution is 2.29. The molecule has 2 heterocycles. The Balaban J connectivity index is 1.80. The minimum absolute atomic E-state index is 0.332. The van der Waals surface area contributed by atoms with E-state index in [0.29, 0.717) is 5.01 Å². The maximum Gasteiger partial charge on any atom is 0.294 e. The van der Waals surface area contributed by atoms with Gasteiger partial charge in [0.25, 0.3) is 5.91 Å². The lowest BCUT2D eigenvalue weighted by molar-refractivity contribution is 0.0953. The topological polar surface area (TPSA) is 71.2 Å². The van der Waals surface area contributed by atoms with Gasteiger partial charge in [0.2, 0.25) is 0 Å². The number of hydrogen-bond acceptors (Lipinski definition) is 5. The lowest BCUT2D eigenvalue weighted by atomic mass is 9.99. The number of carbonyl (C=O) groups excluding carboxylic acids is 1. The van der Waals surface area contributed by atoms with Crippen molar-refractivity contribution in [1.82, 2.24) is 10.4 Å². The van der Waals surface area contributed by atoms with Crippen molar-refractivity contribution in [3.8, 4) is 0 Å². The first-order valence-corrected chi connectivity index (χ1v) is 7.85. The van der Waals surface area contributed by atoms with Gasteiger partial charge in [0.1, 0.15) is 0 Å². The zero-order valence-corrected chi connectivity index (χ0v) is 12.7. The number of hydrazine groups is 1. The van der Waals surface area contributed by atoms with Crippen LogP contribution >= 0.6 is 11.3 Å². The average Bonchev–Trinajstić information content (AvgIpc) is 2.95. The van der Waals surface area contributed by atoms with Crippen molar-refractivity contribution in [2.24, 2.45) is 5.84 Å². The van der Waals surface area contributed by atoms with Gasteiger partial charge in [-0.05, 0) is 31.4 Å². The van der Waals surface area contributed by atoms with E-state index in [9.17, 15) is 4.79 Å². The van der Waals surface area contributed by atoms with Crippen molar-refractivity contribution >= 4 is 22.9 Å². The van der Waals surface area contributed by atoms with Crippen molar-refractivity contribution in [3.63, 3.8) is 0 Å². The van der Waals surface area contributed by atoms with Gasteiger partial charge in [-0.15, -0.1) is 11.3 Å². The molecule has 0 saturated carbocycles. The molecule has 5 nitrogen and oxygen atoms in total. The van der Waals surface area contributed by atoms with Gasteiger partial charge in [-0.2, -0.15) is 0 Å². The van der Waals surface area contributed by atoms with Crippen molar-refractivity contribution in [2.45, 2.75) is 26.3 Å². The fourth-order valence-corrected chi connectivity index (χ4v) is 3.42. The molecular weight excluding hydrogens is 284 g/mol. The molecule has 0 bridgehead atoms. The summed E-state index contributed by atoms with van der Waals surface area (Å²) in [5, 5.41) is 2.33. The number of thiazole rings is 1. The van der Waals surface area contributed by atoms with Crippen LogP contribution in [0.1, 0.15) is 33.0 Å². The van der Waals surface area contributed by atoms with E-state index < -0.39 is 0 Å². The van der Waals surface area contributed by atoms with Crippen LogP contribution in [0.5, 0.6) is 0 Å². The number of aryl methyl sites for hydroxylation is 2. The predicted molar refractivity (Wildman–Crippen MR) is 84.3 cm³/mol. The molecule has 1 aromatic carbocycles. The molecule has 0 unspecified atom stereocenters. The fraction of sp³-hybridized carbons (Fsp3) is 0.333. The molecule has 0 atom stereocenters. The first-order chi connectivity index (χ1) is 10.2. The zero-order chi connectivity index (χ0) is 14.8. The van der Waals surface area contributed by atoms with E-state index >= 15 is 0 Å². The third kappa shape index (κ3) is 2.91. The second-order valence-electron chi connectivity index (χ2n) is 5.27. The van der Waals surface area contributed by atoms with Crippen LogP contribution in [-0.4, -0.2) is 17.4 Å². The summed E-state index contributed by atoms with van der Waals surface area (Å²) < 4.78 is 0. The molecule has 21 heavy (non-hydrogen) atoms. The van der Waals surface area contributed by atoms with E-state index in [1.807, 2.05) is 5.38 Å². The van der Waals surface area contributed by atoms with Crippen molar-refractivity contribution in [3.05, 3.63) is 45.4 Å². The molecule has 0 saturated heterocycles. The fourth-order valence-electron chi connectivity index (χ4n) is 2.71. The molecule has 1 aliphatic rings. The second kappa shape index (κ2) is 5.83. The summed E-state index contributed by atoms with van der Waals surface area (Å²) in [7, 11) is 0. The number of nitrogens with one attached hydrogen (secondary N) is 1. The monoisotopic (exact) mass is 302 g/mol. The predicted octanol–water partition coefficient (Wildman–Crippen LogP) is 2.01. The van der Waals surface area contributed by atoms with E-state index in [1.54, 1.807) is 0 Å². The molecule has 0 spiro atoms. The highest BCUT2D eigenvalue weighted by molar-refractivity contribution is 7.11. The number of carbonyl (C=O) groups is 1. The Morgan fingerprint density at radius 1 is 1.52 bits per heavy atom.